The molecule has 0 spiro atoms. The number of nitrogens with zero attached hydrogens (tertiary/aromatic N) is 2. The van der Waals surface area contributed by atoms with Gasteiger partial charge in [0.2, 0.25) is 0 Å². The number of pyridine rings is 1. The minimum absolute atomic E-state index is 0.648. The van der Waals surface area contributed by atoms with Crippen molar-refractivity contribution in [3.63, 3.8) is 0 Å². The second-order valence-electron chi connectivity index (χ2n) is 2.20. The quantitative estimate of drug-likeness (QED) is 0.701. The van der Waals surface area contributed by atoms with Crippen molar-refractivity contribution in [3.05, 3.63) is 34.9 Å². The van der Waals surface area contributed by atoms with Crippen LogP contribution in [0.15, 0.2) is 29.9 Å². The van der Waals surface area contributed by atoms with Gasteiger partial charge < -0.3 is 0 Å². The molecule has 0 amide bonds. The molecule has 0 aromatic carbocycles. The molecule has 2 nitrogen and oxygen atoms in total. The average Bonchev–Trinajstić information content (AvgIpc) is 2.58. The zero-order valence-electron chi connectivity index (χ0n) is 6.07. The molecule has 0 aliphatic rings. The Morgan fingerprint density at radius 2 is 2.17 bits per heavy atom. The Hall–Kier alpha value is -0.930. The van der Waals surface area contributed by atoms with Gasteiger partial charge in [-0.1, -0.05) is 11.6 Å². The van der Waals surface area contributed by atoms with Crippen molar-refractivity contribution in [1.29, 1.82) is 0 Å². The molecule has 2 heterocycles. The highest BCUT2D eigenvalue weighted by molar-refractivity contribution is 7.13. The molecule has 0 N–H and O–H groups in total. The molecular formula is C8H5ClN2S. The van der Waals surface area contributed by atoms with Crippen molar-refractivity contribution in [2.45, 2.75) is 0 Å². The van der Waals surface area contributed by atoms with E-state index in [0.717, 1.165) is 10.7 Å². The first-order valence-electron chi connectivity index (χ1n) is 3.38. The van der Waals surface area contributed by atoms with Crippen molar-refractivity contribution in [2.24, 2.45) is 0 Å². The standard InChI is InChI=1S/C8H5ClN2S/c9-6-1-2-7(11-5-6)8-10-3-4-12-8/h1-5H. The lowest BCUT2D eigenvalue weighted by Crippen LogP contribution is -1.79. The van der Waals surface area contributed by atoms with E-state index in [2.05, 4.69) is 9.97 Å². The van der Waals surface area contributed by atoms with Gasteiger partial charge in [0.25, 0.3) is 0 Å². The van der Waals surface area contributed by atoms with Crippen molar-refractivity contribution in [1.82, 2.24) is 9.97 Å². The van der Waals surface area contributed by atoms with Crippen LogP contribution in [0.5, 0.6) is 0 Å². The number of hydrogen-bond acceptors (Lipinski definition) is 3. The van der Waals surface area contributed by atoms with Crippen molar-refractivity contribution in [3.8, 4) is 10.7 Å². The fourth-order valence-electron chi connectivity index (χ4n) is 0.852. The molecule has 4 heteroatoms. The molecule has 0 fully saturated rings. The number of halogens is 1. The van der Waals surface area contributed by atoms with E-state index in [1.165, 1.54) is 0 Å². The van der Waals surface area contributed by atoms with E-state index in [0.29, 0.717) is 5.02 Å². The van der Waals surface area contributed by atoms with E-state index >= 15 is 0 Å². The van der Waals surface area contributed by atoms with Gasteiger partial charge in [0.05, 0.1) is 10.7 Å². The third-order valence-electron chi connectivity index (χ3n) is 1.38. The maximum absolute atomic E-state index is 5.69. The van der Waals surface area contributed by atoms with Gasteiger partial charge in [-0.15, -0.1) is 11.3 Å². The summed E-state index contributed by atoms with van der Waals surface area (Å²) in [5.74, 6) is 0. The highest BCUT2D eigenvalue weighted by atomic mass is 35.5. The van der Waals surface area contributed by atoms with E-state index in [-0.39, 0.29) is 0 Å². The Balaban J connectivity index is 2.43. The number of hydrogen-bond donors (Lipinski definition) is 0. The molecule has 0 unspecified atom stereocenters. The minimum Gasteiger partial charge on any atom is -0.252 e. The summed E-state index contributed by atoms with van der Waals surface area (Å²) in [7, 11) is 0. The SMILES string of the molecule is Clc1ccc(-c2nccs2)nc1. The summed E-state index contributed by atoms with van der Waals surface area (Å²) < 4.78 is 0. The molecule has 0 saturated heterocycles. The van der Waals surface area contributed by atoms with Crippen LogP contribution in [0.2, 0.25) is 5.02 Å². The molecule has 60 valence electrons. The topological polar surface area (TPSA) is 25.8 Å². The van der Waals surface area contributed by atoms with Gasteiger partial charge >= 0.3 is 0 Å². The maximum Gasteiger partial charge on any atom is 0.141 e. The zero-order chi connectivity index (χ0) is 8.39. The Morgan fingerprint density at radius 1 is 1.25 bits per heavy atom. The second kappa shape index (κ2) is 3.21. The molecule has 0 aliphatic carbocycles. The summed E-state index contributed by atoms with van der Waals surface area (Å²) in [4.78, 5) is 8.27. The van der Waals surface area contributed by atoms with Crippen molar-refractivity contribution >= 4 is 22.9 Å². The van der Waals surface area contributed by atoms with Gasteiger partial charge in [-0.2, -0.15) is 0 Å². The largest absolute Gasteiger partial charge is 0.252 e. The second-order valence-corrected chi connectivity index (χ2v) is 3.53. The monoisotopic (exact) mass is 196 g/mol. The van der Waals surface area contributed by atoms with Crippen LogP contribution in [0.25, 0.3) is 10.7 Å². The lowest BCUT2D eigenvalue weighted by atomic mass is 10.4. The molecule has 0 radical (unpaired) electrons. The van der Waals surface area contributed by atoms with Crippen LogP contribution in [-0.2, 0) is 0 Å². The molecule has 2 aromatic heterocycles. The lowest BCUT2D eigenvalue weighted by molar-refractivity contribution is 1.29. The third-order valence-corrected chi connectivity index (χ3v) is 2.40. The van der Waals surface area contributed by atoms with Crippen LogP contribution >= 0.6 is 22.9 Å². The van der Waals surface area contributed by atoms with Crippen LogP contribution in [-0.4, -0.2) is 9.97 Å². The molecule has 0 aliphatic heterocycles. The van der Waals surface area contributed by atoms with E-state index < -0.39 is 0 Å². The minimum atomic E-state index is 0.648. The molecule has 0 bridgehead atoms. The van der Waals surface area contributed by atoms with Crippen molar-refractivity contribution in [2.75, 3.05) is 0 Å². The lowest BCUT2D eigenvalue weighted by Gasteiger charge is -1.93. The molecule has 0 saturated carbocycles. The van der Waals surface area contributed by atoms with Gasteiger partial charge in [0.1, 0.15) is 5.01 Å². The van der Waals surface area contributed by atoms with E-state index in [1.807, 2.05) is 17.5 Å². The van der Waals surface area contributed by atoms with Crippen LogP contribution in [0.3, 0.4) is 0 Å². The number of thiazole rings is 1. The maximum atomic E-state index is 5.69. The number of rotatable bonds is 1. The van der Waals surface area contributed by atoms with Crippen LogP contribution in [0.1, 0.15) is 0 Å². The first kappa shape index (κ1) is 7.71. The summed E-state index contributed by atoms with van der Waals surface area (Å²) in [5.41, 5.74) is 0.870. The summed E-state index contributed by atoms with van der Waals surface area (Å²) in [6.07, 6.45) is 3.38. The Labute approximate surface area is 78.9 Å². The van der Waals surface area contributed by atoms with E-state index in [9.17, 15) is 0 Å². The van der Waals surface area contributed by atoms with Gasteiger partial charge in [-0.25, -0.2) is 4.98 Å². The summed E-state index contributed by atoms with van der Waals surface area (Å²) in [6.45, 7) is 0. The Kier molecular flexibility index (Phi) is 2.06. The number of aromatic nitrogens is 2. The predicted octanol–water partition coefficient (Wildman–Crippen LogP) is 2.86. The fraction of sp³-hybridized carbons (Fsp3) is 0. The van der Waals surface area contributed by atoms with E-state index in [4.69, 9.17) is 11.6 Å². The summed E-state index contributed by atoms with van der Waals surface area (Å²) >= 11 is 7.26. The highest BCUT2D eigenvalue weighted by Crippen LogP contribution is 2.20. The van der Waals surface area contributed by atoms with Gasteiger partial charge in [-0.3, -0.25) is 4.98 Å². The smallest absolute Gasteiger partial charge is 0.141 e. The Bertz CT molecular complexity index is 355. The van der Waals surface area contributed by atoms with Gasteiger partial charge in [0, 0.05) is 17.8 Å². The molecule has 12 heavy (non-hydrogen) atoms. The fourth-order valence-corrected chi connectivity index (χ4v) is 1.58. The average molecular weight is 197 g/mol. The van der Waals surface area contributed by atoms with E-state index in [1.54, 1.807) is 23.7 Å². The molecule has 0 atom stereocenters. The van der Waals surface area contributed by atoms with Gasteiger partial charge in [-0.05, 0) is 12.1 Å². The van der Waals surface area contributed by atoms with Crippen LogP contribution in [0.4, 0.5) is 0 Å². The molecular weight excluding hydrogens is 192 g/mol. The summed E-state index contributed by atoms with van der Waals surface area (Å²) in [5, 5.41) is 3.49. The normalized spacial score (nSPS) is 10.1. The molecule has 2 rings (SSSR count). The first-order valence-corrected chi connectivity index (χ1v) is 4.63. The zero-order valence-corrected chi connectivity index (χ0v) is 7.64. The van der Waals surface area contributed by atoms with Crippen LogP contribution < -0.4 is 0 Å². The molecule has 2 aromatic rings. The van der Waals surface area contributed by atoms with Gasteiger partial charge in [0.15, 0.2) is 0 Å². The Morgan fingerprint density at radius 3 is 2.75 bits per heavy atom. The first-order chi connectivity index (χ1) is 5.86. The predicted molar refractivity (Wildman–Crippen MR) is 50.4 cm³/mol. The van der Waals surface area contributed by atoms with Crippen LogP contribution in [0, 0.1) is 0 Å². The summed E-state index contributed by atoms with van der Waals surface area (Å²) in [6, 6.07) is 3.67. The van der Waals surface area contributed by atoms with Crippen molar-refractivity contribution < 1.29 is 0 Å². The highest BCUT2D eigenvalue weighted by Gasteiger charge is 1.99. The third kappa shape index (κ3) is 1.47.